The van der Waals surface area contributed by atoms with Gasteiger partial charge in [0.25, 0.3) is 0 Å². The lowest BCUT2D eigenvalue weighted by atomic mass is 10.1. The predicted molar refractivity (Wildman–Crippen MR) is 270 cm³/mol. The van der Waals surface area contributed by atoms with E-state index in [0.717, 1.165) is 77.0 Å². The second kappa shape index (κ2) is 52.9. The van der Waals surface area contributed by atoms with Crippen LogP contribution in [0.5, 0.6) is 0 Å². The Morgan fingerprint density at radius 1 is 0.355 bits per heavy atom. The van der Waals surface area contributed by atoms with E-state index in [4.69, 9.17) is 14.2 Å². The smallest absolute Gasteiger partial charge is 0.306 e. The fourth-order valence-electron chi connectivity index (χ4n) is 7.45. The molecular weight excluding hydrogens is 765 g/mol. The molecule has 5 nitrogen and oxygen atoms in total. The van der Waals surface area contributed by atoms with Gasteiger partial charge in [-0.3, -0.25) is 9.59 Å². The summed E-state index contributed by atoms with van der Waals surface area (Å²) in [5.41, 5.74) is 0. The molecule has 0 aliphatic heterocycles. The van der Waals surface area contributed by atoms with Crippen LogP contribution in [0.25, 0.3) is 0 Å². The van der Waals surface area contributed by atoms with Crippen LogP contribution in [0.3, 0.4) is 0 Å². The lowest BCUT2D eigenvalue weighted by molar-refractivity contribution is -0.163. The van der Waals surface area contributed by atoms with Crippen LogP contribution in [-0.4, -0.2) is 37.9 Å². The van der Waals surface area contributed by atoms with Crippen LogP contribution in [0.2, 0.25) is 0 Å². The van der Waals surface area contributed by atoms with Crippen LogP contribution >= 0.6 is 0 Å². The van der Waals surface area contributed by atoms with E-state index in [9.17, 15) is 9.59 Å². The highest BCUT2D eigenvalue weighted by molar-refractivity contribution is 5.70. The van der Waals surface area contributed by atoms with Crippen molar-refractivity contribution < 1.29 is 23.8 Å². The lowest BCUT2D eigenvalue weighted by Crippen LogP contribution is -2.30. The van der Waals surface area contributed by atoms with Gasteiger partial charge in [0, 0.05) is 19.4 Å². The van der Waals surface area contributed by atoms with E-state index < -0.39 is 6.10 Å². The number of allylic oxidation sites excluding steroid dienone is 10. The quantitative estimate of drug-likeness (QED) is 0.0346. The maximum absolute atomic E-state index is 12.8. The van der Waals surface area contributed by atoms with Gasteiger partial charge < -0.3 is 14.2 Å². The molecule has 0 aromatic rings. The SMILES string of the molecule is CCCCC/C=C\C/C=C\CCCCCCCCCCOCC(COC(=O)CCCCCCC/C=C\C/C=C\CCCCC)OC(=O)CCCCCCC/C=C\CCCCCC. The van der Waals surface area contributed by atoms with Gasteiger partial charge in [0.1, 0.15) is 6.61 Å². The molecule has 0 fully saturated rings. The Balaban J connectivity index is 4.29. The molecule has 0 radical (unpaired) electrons. The standard InChI is InChI=1S/C57H102O5/c1-4-7-10-13-16-19-22-25-27-28-29-31-34-37-40-43-46-49-52-60-53-55(62-57(59)51-48-45-42-39-36-32-24-21-18-15-12-9-6-3)54-61-56(58)50-47-44-41-38-35-33-30-26-23-20-17-14-11-8-5-2/h16-17,19-21,24-27,30,55H,4-15,18,22-23,28-29,31-54H2,1-3H3/b19-16-,20-17-,24-21-,27-25-,30-26-. The van der Waals surface area contributed by atoms with Gasteiger partial charge in [-0.1, -0.05) is 204 Å². The van der Waals surface area contributed by atoms with E-state index in [0.29, 0.717) is 19.4 Å². The highest BCUT2D eigenvalue weighted by atomic mass is 16.6. The van der Waals surface area contributed by atoms with E-state index >= 15 is 0 Å². The first-order valence-corrected chi connectivity index (χ1v) is 26.8. The first-order chi connectivity index (χ1) is 30.6. The Hall–Kier alpha value is -2.40. The van der Waals surface area contributed by atoms with Crippen molar-refractivity contribution in [2.75, 3.05) is 19.8 Å². The molecule has 0 bridgehead atoms. The van der Waals surface area contributed by atoms with Gasteiger partial charge in [-0.05, 0) is 109 Å². The average molecular weight is 867 g/mol. The number of carbonyl (C=O) groups is 2. The number of carbonyl (C=O) groups excluding carboxylic acids is 2. The van der Waals surface area contributed by atoms with E-state index in [1.165, 1.54) is 154 Å². The summed E-state index contributed by atoms with van der Waals surface area (Å²) in [4.78, 5) is 25.4. The van der Waals surface area contributed by atoms with E-state index in [-0.39, 0.29) is 25.2 Å². The molecular formula is C57H102O5. The highest BCUT2D eigenvalue weighted by Gasteiger charge is 2.17. The Morgan fingerprint density at radius 2 is 0.677 bits per heavy atom. The number of ether oxygens (including phenoxy) is 3. The first-order valence-electron chi connectivity index (χ1n) is 26.8. The third-order valence-corrected chi connectivity index (χ3v) is 11.5. The van der Waals surface area contributed by atoms with Crippen molar-refractivity contribution in [3.8, 4) is 0 Å². The fraction of sp³-hybridized carbons (Fsp3) is 0.789. The zero-order chi connectivity index (χ0) is 44.9. The second-order valence-electron chi connectivity index (χ2n) is 17.8. The number of rotatable bonds is 49. The van der Waals surface area contributed by atoms with Crippen molar-refractivity contribution in [3.05, 3.63) is 60.8 Å². The third-order valence-electron chi connectivity index (χ3n) is 11.5. The van der Waals surface area contributed by atoms with Gasteiger partial charge in [0.2, 0.25) is 0 Å². The van der Waals surface area contributed by atoms with Gasteiger partial charge in [0.15, 0.2) is 6.10 Å². The van der Waals surface area contributed by atoms with Crippen LogP contribution < -0.4 is 0 Å². The Labute approximate surface area is 385 Å². The van der Waals surface area contributed by atoms with Crippen molar-refractivity contribution >= 4 is 11.9 Å². The van der Waals surface area contributed by atoms with Gasteiger partial charge in [-0.25, -0.2) is 0 Å². The van der Waals surface area contributed by atoms with E-state index in [1.54, 1.807) is 0 Å². The van der Waals surface area contributed by atoms with E-state index in [1.807, 2.05) is 0 Å². The normalized spacial score (nSPS) is 12.6. The summed E-state index contributed by atoms with van der Waals surface area (Å²) in [7, 11) is 0. The molecule has 0 rings (SSSR count). The molecule has 360 valence electrons. The number of esters is 2. The van der Waals surface area contributed by atoms with Crippen LogP contribution in [0, 0.1) is 0 Å². The lowest BCUT2D eigenvalue weighted by Gasteiger charge is -2.18. The van der Waals surface area contributed by atoms with Gasteiger partial charge in [-0.15, -0.1) is 0 Å². The number of unbranched alkanes of at least 4 members (excludes halogenated alkanes) is 28. The summed E-state index contributed by atoms with van der Waals surface area (Å²) in [5, 5.41) is 0. The fourth-order valence-corrected chi connectivity index (χ4v) is 7.45. The van der Waals surface area contributed by atoms with Gasteiger partial charge in [-0.2, -0.15) is 0 Å². The average Bonchev–Trinajstić information content (AvgIpc) is 3.27. The molecule has 0 aliphatic carbocycles. The Morgan fingerprint density at radius 3 is 1.11 bits per heavy atom. The molecule has 0 aromatic carbocycles. The van der Waals surface area contributed by atoms with Gasteiger partial charge in [0.05, 0.1) is 6.61 Å². The van der Waals surface area contributed by atoms with Crippen molar-refractivity contribution in [1.82, 2.24) is 0 Å². The summed E-state index contributed by atoms with van der Waals surface area (Å²) in [6, 6.07) is 0. The molecule has 0 aromatic heterocycles. The Bertz CT molecular complexity index is 1070. The van der Waals surface area contributed by atoms with Crippen LogP contribution in [0.1, 0.15) is 265 Å². The largest absolute Gasteiger partial charge is 0.462 e. The second-order valence-corrected chi connectivity index (χ2v) is 17.8. The summed E-state index contributed by atoms with van der Waals surface area (Å²) in [5.74, 6) is -0.420. The van der Waals surface area contributed by atoms with Crippen molar-refractivity contribution in [1.29, 1.82) is 0 Å². The molecule has 0 N–H and O–H groups in total. The molecule has 5 heteroatoms. The van der Waals surface area contributed by atoms with E-state index in [2.05, 4.69) is 81.5 Å². The predicted octanol–water partition coefficient (Wildman–Crippen LogP) is 18.1. The van der Waals surface area contributed by atoms with Crippen LogP contribution in [-0.2, 0) is 23.8 Å². The van der Waals surface area contributed by atoms with Crippen molar-refractivity contribution in [2.45, 2.75) is 271 Å². The number of hydrogen-bond acceptors (Lipinski definition) is 5. The first kappa shape index (κ1) is 59.6. The summed E-state index contributed by atoms with van der Waals surface area (Å²) in [6.45, 7) is 7.75. The van der Waals surface area contributed by atoms with Gasteiger partial charge >= 0.3 is 11.9 Å². The molecule has 0 heterocycles. The summed E-state index contributed by atoms with van der Waals surface area (Å²) < 4.78 is 17.4. The molecule has 0 spiro atoms. The minimum atomic E-state index is -0.549. The topological polar surface area (TPSA) is 61.8 Å². The third kappa shape index (κ3) is 50.2. The van der Waals surface area contributed by atoms with Crippen LogP contribution in [0.4, 0.5) is 0 Å². The molecule has 1 unspecified atom stereocenters. The minimum absolute atomic E-state index is 0.0723. The van der Waals surface area contributed by atoms with Crippen molar-refractivity contribution in [2.24, 2.45) is 0 Å². The zero-order valence-electron chi connectivity index (χ0n) is 41.4. The minimum Gasteiger partial charge on any atom is -0.462 e. The maximum atomic E-state index is 12.8. The molecule has 0 aliphatic rings. The molecule has 62 heavy (non-hydrogen) atoms. The maximum Gasteiger partial charge on any atom is 0.306 e. The monoisotopic (exact) mass is 867 g/mol. The van der Waals surface area contributed by atoms with Crippen LogP contribution in [0.15, 0.2) is 60.8 Å². The molecule has 0 saturated heterocycles. The molecule has 0 amide bonds. The summed E-state index contributed by atoms with van der Waals surface area (Å²) >= 11 is 0. The van der Waals surface area contributed by atoms with Crippen molar-refractivity contribution in [3.63, 3.8) is 0 Å². The Kier molecular flexibility index (Phi) is 50.9. The summed E-state index contributed by atoms with van der Waals surface area (Å²) in [6.07, 6.45) is 66.5. The molecule has 0 saturated carbocycles. The molecule has 1 atom stereocenters. The highest BCUT2D eigenvalue weighted by Crippen LogP contribution is 2.14. The number of hydrogen-bond donors (Lipinski definition) is 0. The zero-order valence-corrected chi connectivity index (χ0v) is 41.4.